The Morgan fingerprint density at radius 1 is 1.56 bits per heavy atom. The van der Waals surface area contributed by atoms with E-state index in [0.717, 1.165) is 13.1 Å². The average Bonchev–Trinajstić information content (AvgIpc) is 2.62. The summed E-state index contributed by atoms with van der Waals surface area (Å²) >= 11 is 0. The molecule has 1 saturated heterocycles. The molecule has 1 heterocycles. The van der Waals surface area contributed by atoms with Crippen molar-refractivity contribution >= 4 is 5.91 Å². The predicted octanol–water partition coefficient (Wildman–Crippen LogP) is 0.945. The minimum absolute atomic E-state index is 0.00111. The molecule has 0 aromatic carbocycles. The number of carbonyl (C=O) groups is 1. The van der Waals surface area contributed by atoms with E-state index < -0.39 is 5.92 Å². The zero-order valence-electron chi connectivity index (χ0n) is 10.6. The Labute approximate surface area is 97.8 Å². The van der Waals surface area contributed by atoms with Crippen molar-refractivity contribution in [3.8, 4) is 6.07 Å². The van der Waals surface area contributed by atoms with Gasteiger partial charge in [-0.1, -0.05) is 13.8 Å². The molecule has 1 amide bonds. The summed E-state index contributed by atoms with van der Waals surface area (Å²) < 4.78 is 0. The monoisotopic (exact) mass is 223 g/mol. The van der Waals surface area contributed by atoms with Crippen molar-refractivity contribution in [2.75, 3.05) is 27.2 Å². The molecule has 0 radical (unpaired) electrons. The Morgan fingerprint density at radius 2 is 2.19 bits per heavy atom. The number of nitrogens with zero attached hydrogens (tertiary/aromatic N) is 3. The lowest BCUT2D eigenvalue weighted by atomic mass is 10.1. The van der Waals surface area contributed by atoms with E-state index in [2.05, 4.69) is 17.9 Å². The quantitative estimate of drug-likeness (QED) is 0.715. The lowest BCUT2D eigenvalue weighted by Gasteiger charge is -2.22. The summed E-state index contributed by atoms with van der Waals surface area (Å²) in [5.74, 6) is 0.0180. The molecule has 1 aliphatic rings. The molecule has 90 valence electrons. The SMILES string of the molecule is CCC(C#N)C(=O)N1CC(C)C(N(C)C)C1. The molecular formula is C12H21N3O. The highest BCUT2D eigenvalue weighted by atomic mass is 16.2. The van der Waals surface area contributed by atoms with Crippen LogP contribution < -0.4 is 0 Å². The molecule has 4 nitrogen and oxygen atoms in total. The van der Waals surface area contributed by atoms with Crippen LogP contribution in [0.3, 0.4) is 0 Å². The molecule has 3 atom stereocenters. The van der Waals surface area contributed by atoms with Crippen LogP contribution in [-0.2, 0) is 4.79 Å². The normalized spacial score (nSPS) is 26.9. The standard InChI is InChI=1S/C12H21N3O/c1-5-10(6-13)12(16)15-7-9(2)11(8-15)14(3)4/h9-11H,5,7-8H2,1-4H3. The third kappa shape index (κ3) is 2.53. The highest BCUT2D eigenvalue weighted by Crippen LogP contribution is 2.22. The maximum Gasteiger partial charge on any atom is 0.239 e. The Balaban J connectivity index is 2.65. The summed E-state index contributed by atoms with van der Waals surface area (Å²) in [5, 5.41) is 8.89. The third-order valence-corrected chi connectivity index (χ3v) is 3.41. The van der Waals surface area contributed by atoms with Gasteiger partial charge in [0.05, 0.1) is 6.07 Å². The largest absolute Gasteiger partial charge is 0.340 e. The van der Waals surface area contributed by atoms with Crippen LogP contribution in [-0.4, -0.2) is 48.9 Å². The van der Waals surface area contributed by atoms with Gasteiger partial charge in [0.2, 0.25) is 5.91 Å². The van der Waals surface area contributed by atoms with Gasteiger partial charge in [0.25, 0.3) is 0 Å². The minimum Gasteiger partial charge on any atom is -0.340 e. The maximum atomic E-state index is 12.0. The van der Waals surface area contributed by atoms with Gasteiger partial charge in [0, 0.05) is 19.1 Å². The lowest BCUT2D eigenvalue weighted by molar-refractivity contribution is -0.133. The number of amides is 1. The summed E-state index contributed by atoms with van der Waals surface area (Å²) in [6.07, 6.45) is 0.604. The first kappa shape index (κ1) is 13.0. The lowest BCUT2D eigenvalue weighted by Crippen LogP contribution is -2.37. The molecule has 0 aromatic heterocycles. The van der Waals surface area contributed by atoms with E-state index in [0.29, 0.717) is 18.4 Å². The first-order chi connectivity index (χ1) is 7.51. The number of hydrogen-bond donors (Lipinski definition) is 0. The van der Waals surface area contributed by atoms with Gasteiger partial charge in [-0.3, -0.25) is 4.79 Å². The van der Waals surface area contributed by atoms with Gasteiger partial charge in [-0.25, -0.2) is 0 Å². The van der Waals surface area contributed by atoms with Crippen LogP contribution >= 0.6 is 0 Å². The van der Waals surface area contributed by atoms with E-state index in [4.69, 9.17) is 5.26 Å². The zero-order chi connectivity index (χ0) is 12.3. The number of rotatable bonds is 3. The fourth-order valence-corrected chi connectivity index (χ4v) is 2.34. The highest BCUT2D eigenvalue weighted by Gasteiger charge is 2.35. The molecule has 0 spiro atoms. The first-order valence-electron chi connectivity index (χ1n) is 5.86. The number of hydrogen-bond acceptors (Lipinski definition) is 3. The van der Waals surface area contributed by atoms with E-state index in [-0.39, 0.29) is 5.91 Å². The van der Waals surface area contributed by atoms with Crippen molar-refractivity contribution < 1.29 is 4.79 Å². The van der Waals surface area contributed by atoms with Crippen molar-refractivity contribution in [3.05, 3.63) is 0 Å². The summed E-state index contributed by atoms with van der Waals surface area (Å²) in [6.45, 7) is 5.57. The Hall–Kier alpha value is -1.08. The van der Waals surface area contributed by atoms with Crippen LogP contribution in [0.1, 0.15) is 20.3 Å². The van der Waals surface area contributed by atoms with Crippen LogP contribution in [0.4, 0.5) is 0 Å². The average molecular weight is 223 g/mol. The second kappa shape index (κ2) is 5.31. The summed E-state index contributed by atoms with van der Waals surface area (Å²) in [4.78, 5) is 16.0. The number of likely N-dealkylation sites (N-methyl/N-ethyl adjacent to an activating group) is 1. The molecule has 0 aliphatic carbocycles. The van der Waals surface area contributed by atoms with Crippen LogP contribution in [0.15, 0.2) is 0 Å². The molecule has 4 heteroatoms. The number of likely N-dealkylation sites (tertiary alicyclic amines) is 1. The van der Waals surface area contributed by atoms with E-state index in [1.54, 1.807) is 0 Å². The van der Waals surface area contributed by atoms with Gasteiger partial charge in [-0.15, -0.1) is 0 Å². The zero-order valence-corrected chi connectivity index (χ0v) is 10.6. The van der Waals surface area contributed by atoms with Crippen molar-refractivity contribution in [1.82, 2.24) is 9.80 Å². The van der Waals surface area contributed by atoms with Gasteiger partial charge < -0.3 is 9.80 Å². The van der Waals surface area contributed by atoms with Crippen molar-refractivity contribution in [1.29, 1.82) is 5.26 Å². The topological polar surface area (TPSA) is 47.3 Å². The molecule has 0 saturated carbocycles. The Kier molecular flexibility index (Phi) is 4.31. The van der Waals surface area contributed by atoms with Gasteiger partial charge in [-0.05, 0) is 26.4 Å². The second-order valence-corrected chi connectivity index (χ2v) is 4.84. The number of nitriles is 1. The van der Waals surface area contributed by atoms with Crippen LogP contribution in [0, 0.1) is 23.2 Å². The van der Waals surface area contributed by atoms with Crippen molar-refractivity contribution in [2.45, 2.75) is 26.3 Å². The van der Waals surface area contributed by atoms with E-state index >= 15 is 0 Å². The molecule has 0 bridgehead atoms. The minimum atomic E-state index is -0.465. The van der Waals surface area contributed by atoms with Crippen LogP contribution in [0.25, 0.3) is 0 Å². The van der Waals surface area contributed by atoms with Gasteiger partial charge in [0.1, 0.15) is 5.92 Å². The summed E-state index contributed by atoms with van der Waals surface area (Å²) in [5.41, 5.74) is 0. The van der Waals surface area contributed by atoms with Gasteiger partial charge in [-0.2, -0.15) is 5.26 Å². The molecule has 16 heavy (non-hydrogen) atoms. The van der Waals surface area contributed by atoms with Crippen LogP contribution in [0.5, 0.6) is 0 Å². The molecule has 1 rings (SSSR count). The first-order valence-corrected chi connectivity index (χ1v) is 5.86. The third-order valence-electron chi connectivity index (χ3n) is 3.41. The molecule has 0 N–H and O–H groups in total. The maximum absolute atomic E-state index is 12.0. The summed E-state index contributed by atoms with van der Waals surface area (Å²) in [6, 6.07) is 2.50. The summed E-state index contributed by atoms with van der Waals surface area (Å²) in [7, 11) is 4.08. The van der Waals surface area contributed by atoms with E-state index in [1.165, 1.54) is 0 Å². The highest BCUT2D eigenvalue weighted by molar-refractivity contribution is 5.81. The van der Waals surface area contributed by atoms with Gasteiger partial charge >= 0.3 is 0 Å². The fraction of sp³-hybridized carbons (Fsp3) is 0.833. The Morgan fingerprint density at radius 3 is 2.56 bits per heavy atom. The van der Waals surface area contributed by atoms with Crippen molar-refractivity contribution in [2.24, 2.45) is 11.8 Å². The smallest absolute Gasteiger partial charge is 0.239 e. The van der Waals surface area contributed by atoms with E-state index in [1.807, 2.05) is 25.9 Å². The second-order valence-electron chi connectivity index (χ2n) is 4.84. The Bertz CT molecular complexity index is 295. The van der Waals surface area contributed by atoms with Gasteiger partial charge in [0.15, 0.2) is 0 Å². The fourth-order valence-electron chi connectivity index (χ4n) is 2.34. The van der Waals surface area contributed by atoms with E-state index in [9.17, 15) is 4.79 Å². The van der Waals surface area contributed by atoms with Crippen LogP contribution in [0.2, 0.25) is 0 Å². The number of carbonyl (C=O) groups excluding carboxylic acids is 1. The van der Waals surface area contributed by atoms with Crippen molar-refractivity contribution in [3.63, 3.8) is 0 Å². The molecule has 1 aliphatic heterocycles. The molecule has 1 fully saturated rings. The molecule has 0 aromatic rings. The predicted molar refractivity (Wildman–Crippen MR) is 62.6 cm³/mol. The molecular weight excluding hydrogens is 202 g/mol. The molecule has 3 unspecified atom stereocenters.